The van der Waals surface area contributed by atoms with Crippen molar-refractivity contribution in [1.82, 2.24) is 0 Å². The maximum absolute atomic E-state index is 12.2. The van der Waals surface area contributed by atoms with E-state index in [0.717, 1.165) is 24.9 Å². The summed E-state index contributed by atoms with van der Waals surface area (Å²) in [4.78, 5) is 16.6. The number of ether oxygens (including phenoxy) is 1. The summed E-state index contributed by atoms with van der Waals surface area (Å²) < 4.78 is 5.39. The van der Waals surface area contributed by atoms with Crippen LogP contribution >= 0.6 is 0 Å². The Morgan fingerprint density at radius 2 is 1.96 bits per heavy atom. The van der Waals surface area contributed by atoms with E-state index in [2.05, 4.69) is 25.8 Å². The molecule has 0 aliphatic carbocycles. The molecule has 25 heavy (non-hydrogen) atoms. The second kappa shape index (κ2) is 9.77. The van der Waals surface area contributed by atoms with Crippen LogP contribution < -0.4 is 0 Å². The van der Waals surface area contributed by atoms with Crippen molar-refractivity contribution in [3.63, 3.8) is 0 Å². The predicted octanol–water partition coefficient (Wildman–Crippen LogP) is 5.85. The maximum Gasteiger partial charge on any atom is 0.338 e. The molecule has 3 nitrogen and oxygen atoms in total. The standard InChI is InChI=1S/C22H27NO2/c1-4-17(2)21-16-19(13-12-18(21)3)22(24)25-15-9-8-14-23-20-10-6-5-7-11-20/h5-7,10-14,16-17H,4,8-9,15H2,1-3H3. The Morgan fingerprint density at radius 1 is 1.20 bits per heavy atom. The van der Waals surface area contributed by atoms with Crippen molar-refractivity contribution in [2.24, 2.45) is 4.99 Å². The Hall–Kier alpha value is -2.42. The van der Waals surface area contributed by atoms with Crippen LogP contribution in [0.1, 0.15) is 60.5 Å². The number of para-hydroxylation sites is 1. The molecule has 1 atom stereocenters. The fourth-order valence-electron chi connectivity index (χ4n) is 2.63. The summed E-state index contributed by atoms with van der Waals surface area (Å²) in [5.74, 6) is 0.200. The number of hydrogen-bond donors (Lipinski definition) is 0. The molecule has 2 aromatic carbocycles. The number of unbranched alkanes of at least 4 members (excludes halogenated alkanes) is 1. The molecule has 0 N–H and O–H groups in total. The fraction of sp³-hybridized carbons (Fsp3) is 0.364. The average molecular weight is 337 g/mol. The average Bonchev–Trinajstić information content (AvgIpc) is 2.65. The van der Waals surface area contributed by atoms with Crippen molar-refractivity contribution in [2.45, 2.75) is 46.0 Å². The van der Waals surface area contributed by atoms with Gasteiger partial charge in [0.05, 0.1) is 17.9 Å². The van der Waals surface area contributed by atoms with Gasteiger partial charge in [0.1, 0.15) is 0 Å². The molecule has 0 heterocycles. The number of benzene rings is 2. The maximum atomic E-state index is 12.2. The lowest BCUT2D eigenvalue weighted by Gasteiger charge is -2.14. The number of aliphatic imine (C=N–C) groups is 1. The van der Waals surface area contributed by atoms with Gasteiger partial charge in [0.25, 0.3) is 0 Å². The molecule has 0 saturated heterocycles. The zero-order chi connectivity index (χ0) is 18.1. The quantitative estimate of drug-likeness (QED) is 0.344. The van der Waals surface area contributed by atoms with Crippen LogP contribution in [-0.2, 0) is 4.74 Å². The van der Waals surface area contributed by atoms with Gasteiger partial charge in [-0.15, -0.1) is 0 Å². The molecule has 0 aliphatic heterocycles. The van der Waals surface area contributed by atoms with Crippen molar-refractivity contribution >= 4 is 17.9 Å². The molecule has 0 fully saturated rings. The van der Waals surface area contributed by atoms with Gasteiger partial charge in [-0.3, -0.25) is 4.99 Å². The first-order chi connectivity index (χ1) is 12.1. The molecule has 3 heteroatoms. The molecule has 0 spiro atoms. The smallest absolute Gasteiger partial charge is 0.338 e. The van der Waals surface area contributed by atoms with Crippen LogP contribution in [0.4, 0.5) is 5.69 Å². The lowest BCUT2D eigenvalue weighted by molar-refractivity contribution is 0.0502. The third-order valence-electron chi connectivity index (χ3n) is 4.37. The predicted molar refractivity (Wildman–Crippen MR) is 104 cm³/mol. The zero-order valence-corrected chi connectivity index (χ0v) is 15.4. The summed E-state index contributed by atoms with van der Waals surface area (Å²) in [6, 6.07) is 15.6. The van der Waals surface area contributed by atoms with Crippen LogP contribution in [0.15, 0.2) is 53.5 Å². The van der Waals surface area contributed by atoms with Crippen LogP contribution in [0.5, 0.6) is 0 Å². The summed E-state index contributed by atoms with van der Waals surface area (Å²) in [5.41, 5.74) is 4.03. The van der Waals surface area contributed by atoms with E-state index in [9.17, 15) is 4.79 Å². The minimum Gasteiger partial charge on any atom is -0.462 e. The summed E-state index contributed by atoms with van der Waals surface area (Å²) in [5, 5.41) is 0. The van der Waals surface area contributed by atoms with E-state index in [1.54, 1.807) is 0 Å². The topological polar surface area (TPSA) is 38.7 Å². The van der Waals surface area contributed by atoms with E-state index in [1.165, 1.54) is 11.1 Å². The molecule has 0 amide bonds. The van der Waals surface area contributed by atoms with Crippen molar-refractivity contribution in [3.05, 3.63) is 65.2 Å². The highest BCUT2D eigenvalue weighted by Gasteiger charge is 2.12. The number of rotatable bonds is 8. The van der Waals surface area contributed by atoms with Gasteiger partial charge in [-0.25, -0.2) is 4.79 Å². The molecular formula is C22H27NO2. The molecule has 0 aliphatic rings. The number of aryl methyl sites for hydroxylation is 1. The van der Waals surface area contributed by atoms with Gasteiger partial charge in [-0.2, -0.15) is 0 Å². The van der Waals surface area contributed by atoms with Crippen LogP contribution in [0.3, 0.4) is 0 Å². The Bertz CT molecular complexity index is 707. The van der Waals surface area contributed by atoms with E-state index >= 15 is 0 Å². The fourth-order valence-corrected chi connectivity index (χ4v) is 2.63. The molecule has 132 valence electrons. The van der Waals surface area contributed by atoms with Gasteiger partial charge >= 0.3 is 5.97 Å². The number of carbonyl (C=O) groups excluding carboxylic acids is 1. The lowest BCUT2D eigenvalue weighted by Crippen LogP contribution is -2.08. The van der Waals surface area contributed by atoms with Gasteiger partial charge in [0.15, 0.2) is 0 Å². The SMILES string of the molecule is CCC(C)c1cc(C(=O)OCCCC=Nc2ccccc2)ccc1C. The van der Waals surface area contributed by atoms with Gasteiger partial charge in [0.2, 0.25) is 0 Å². The van der Waals surface area contributed by atoms with Crippen molar-refractivity contribution in [3.8, 4) is 0 Å². The lowest BCUT2D eigenvalue weighted by atomic mass is 9.93. The summed E-state index contributed by atoms with van der Waals surface area (Å²) in [7, 11) is 0. The highest BCUT2D eigenvalue weighted by molar-refractivity contribution is 5.89. The van der Waals surface area contributed by atoms with Crippen molar-refractivity contribution in [2.75, 3.05) is 6.61 Å². The van der Waals surface area contributed by atoms with Gasteiger partial charge in [-0.1, -0.05) is 38.1 Å². The molecule has 2 rings (SSSR count). The van der Waals surface area contributed by atoms with E-state index in [4.69, 9.17) is 4.74 Å². The molecule has 0 aromatic heterocycles. The minimum absolute atomic E-state index is 0.246. The molecule has 0 bridgehead atoms. The molecular weight excluding hydrogens is 310 g/mol. The van der Waals surface area contributed by atoms with Crippen LogP contribution in [0.2, 0.25) is 0 Å². The van der Waals surface area contributed by atoms with Crippen LogP contribution in [-0.4, -0.2) is 18.8 Å². The molecule has 0 radical (unpaired) electrons. The van der Waals surface area contributed by atoms with E-state index < -0.39 is 0 Å². The van der Waals surface area contributed by atoms with E-state index in [-0.39, 0.29) is 5.97 Å². The van der Waals surface area contributed by atoms with Gasteiger partial charge in [0, 0.05) is 6.21 Å². The van der Waals surface area contributed by atoms with E-state index in [0.29, 0.717) is 18.1 Å². The summed E-state index contributed by atoms with van der Waals surface area (Å²) in [6.07, 6.45) is 4.48. The highest BCUT2D eigenvalue weighted by atomic mass is 16.5. The van der Waals surface area contributed by atoms with Crippen molar-refractivity contribution in [1.29, 1.82) is 0 Å². The first kappa shape index (κ1) is 18.9. The number of hydrogen-bond acceptors (Lipinski definition) is 3. The summed E-state index contributed by atoms with van der Waals surface area (Å²) >= 11 is 0. The highest BCUT2D eigenvalue weighted by Crippen LogP contribution is 2.23. The monoisotopic (exact) mass is 337 g/mol. The zero-order valence-electron chi connectivity index (χ0n) is 15.4. The Labute approximate surface area is 150 Å². The van der Waals surface area contributed by atoms with E-state index in [1.807, 2.05) is 54.7 Å². The third kappa shape index (κ3) is 5.86. The largest absolute Gasteiger partial charge is 0.462 e. The minimum atomic E-state index is -0.246. The second-order valence-corrected chi connectivity index (χ2v) is 6.31. The van der Waals surface area contributed by atoms with Crippen LogP contribution in [0.25, 0.3) is 0 Å². The normalized spacial score (nSPS) is 12.3. The van der Waals surface area contributed by atoms with Gasteiger partial charge < -0.3 is 4.74 Å². The first-order valence-electron chi connectivity index (χ1n) is 8.97. The third-order valence-corrected chi connectivity index (χ3v) is 4.37. The van der Waals surface area contributed by atoms with Gasteiger partial charge in [-0.05, 0) is 67.5 Å². The second-order valence-electron chi connectivity index (χ2n) is 6.31. The molecule has 1 unspecified atom stereocenters. The van der Waals surface area contributed by atoms with Crippen molar-refractivity contribution < 1.29 is 9.53 Å². The Balaban J connectivity index is 1.79. The Morgan fingerprint density at radius 3 is 2.68 bits per heavy atom. The van der Waals surface area contributed by atoms with Crippen LogP contribution in [0, 0.1) is 6.92 Å². The Kier molecular flexibility index (Phi) is 7.39. The first-order valence-corrected chi connectivity index (χ1v) is 8.97. The number of esters is 1. The number of carbonyl (C=O) groups is 1. The molecule has 0 saturated carbocycles. The summed E-state index contributed by atoms with van der Waals surface area (Å²) in [6.45, 7) is 6.84. The number of nitrogens with zero attached hydrogens (tertiary/aromatic N) is 1. The molecule has 2 aromatic rings.